The zero-order valence-electron chi connectivity index (χ0n) is 12.2. The Morgan fingerprint density at radius 1 is 1.05 bits per heavy atom. The van der Waals surface area contributed by atoms with Crippen LogP contribution in [0.15, 0.2) is 30.3 Å². The molecule has 0 atom stereocenters. The van der Waals surface area contributed by atoms with E-state index in [0.29, 0.717) is 25.1 Å². The summed E-state index contributed by atoms with van der Waals surface area (Å²) in [6, 6.07) is 8.98. The Kier molecular flexibility index (Phi) is 7.35. The molecule has 0 aromatic heterocycles. The molecule has 0 radical (unpaired) electrons. The van der Waals surface area contributed by atoms with E-state index in [9.17, 15) is 9.59 Å². The lowest BCUT2D eigenvalue weighted by Crippen LogP contribution is -2.32. The molecule has 0 aliphatic carbocycles. The number of hydrogen-bond acceptors (Lipinski definition) is 3. The van der Waals surface area contributed by atoms with E-state index >= 15 is 0 Å². The number of rotatable bonds is 8. The van der Waals surface area contributed by atoms with E-state index in [-0.39, 0.29) is 11.8 Å². The topological polar surface area (TPSA) is 61.4 Å². The molecule has 0 spiro atoms. The summed E-state index contributed by atoms with van der Waals surface area (Å²) in [6.07, 6.45) is 1.23. The Labute approximate surface area is 120 Å². The lowest BCUT2D eigenvalue weighted by Gasteiger charge is -2.10. The molecule has 0 saturated carbocycles. The average Bonchev–Trinajstić information content (AvgIpc) is 2.44. The van der Waals surface area contributed by atoms with Crippen molar-refractivity contribution in [2.24, 2.45) is 0 Å². The first-order valence-corrected chi connectivity index (χ1v) is 6.84. The van der Waals surface area contributed by atoms with E-state index in [1.807, 2.05) is 32.3 Å². The molecule has 0 aliphatic rings. The fraction of sp³-hybridized carbons (Fsp3) is 0.467. The number of amides is 2. The molecular weight excluding hydrogens is 254 g/mol. The highest BCUT2D eigenvalue weighted by Gasteiger charge is 2.05. The summed E-state index contributed by atoms with van der Waals surface area (Å²) < 4.78 is 0. The Morgan fingerprint density at radius 3 is 2.40 bits per heavy atom. The average molecular weight is 277 g/mol. The van der Waals surface area contributed by atoms with Gasteiger partial charge in [-0.1, -0.05) is 18.2 Å². The molecule has 0 saturated heterocycles. The Balaban J connectivity index is 2.11. The molecule has 1 aromatic carbocycles. The highest BCUT2D eigenvalue weighted by molar-refractivity contribution is 5.94. The van der Waals surface area contributed by atoms with Crippen molar-refractivity contribution in [2.45, 2.75) is 12.8 Å². The normalized spacial score (nSPS) is 10.3. The third-order valence-electron chi connectivity index (χ3n) is 2.78. The van der Waals surface area contributed by atoms with Crippen LogP contribution in [0, 0.1) is 0 Å². The van der Waals surface area contributed by atoms with E-state index in [1.54, 1.807) is 12.1 Å². The molecule has 0 aliphatic heterocycles. The van der Waals surface area contributed by atoms with Gasteiger partial charge in [0.2, 0.25) is 5.91 Å². The first-order valence-electron chi connectivity index (χ1n) is 6.84. The Bertz CT molecular complexity index is 418. The summed E-state index contributed by atoms with van der Waals surface area (Å²) in [5.74, 6) is -0.178. The Hall–Kier alpha value is -1.88. The van der Waals surface area contributed by atoms with Gasteiger partial charge in [0.1, 0.15) is 0 Å². The molecule has 5 heteroatoms. The van der Waals surface area contributed by atoms with Crippen molar-refractivity contribution >= 4 is 11.8 Å². The van der Waals surface area contributed by atoms with Gasteiger partial charge in [0.25, 0.3) is 5.91 Å². The maximum absolute atomic E-state index is 11.7. The van der Waals surface area contributed by atoms with Crippen LogP contribution in [0.1, 0.15) is 23.2 Å². The molecular formula is C15H23N3O2. The quantitative estimate of drug-likeness (QED) is 0.693. The molecule has 110 valence electrons. The van der Waals surface area contributed by atoms with Gasteiger partial charge in [0, 0.05) is 25.1 Å². The van der Waals surface area contributed by atoms with Gasteiger partial charge in [-0.25, -0.2) is 0 Å². The van der Waals surface area contributed by atoms with Gasteiger partial charge in [0.05, 0.1) is 0 Å². The van der Waals surface area contributed by atoms with Gasteiger partial charge < -0.3 is 15.5 Å². The predicted octanol–water partition coefficient (Wildman–Crippen LogP) is 0.874. The van der Waals surface area contributed by atoms with Crippen molar-refractivity contribution < 1.29 is 9.59 Å². The second kappa shape index (κ2) is 9.09. The maximum atomic E-state index is 11.7. The summed E-state index contributed by atoms with van der Waals surface area (Å²) in [5, 5.41) is 5.57. The van der Waals surface area contributed by atoms with Gasteiger partial charge in [0.15, 0.2) is 0 Å². The first-order chi connectivity index (χ1) is 9.59. The zero-order valence-corrected chi connectivity index (χ0v) is 12.2. The molecule has 1 aromatic rings. The lowest BCUT2D eigenvalue weighted by molar-refractivity contribution is -0.120. The molecule has 5 nitrogen and oxygen atoms in total. The van der Waals surface area contributed by atoms with Crippen LogP contribution in [0.25, 0.3) is 0 Å². The van der Waals surface area contributed by atoms with Crippen LogP contribution in [0.5, 0.6) is 0 Å². The van der Waals surface area contributed by atoms with Crippen LogP contribution in [-0.2, 0) is 4.79 Å². The third-order valence-corrected chi connectivity index (χ3v) is 2.78. The Morgan fingerprint density at radius 2 is 1.75 bits per heavy atom. The van der Waals surface area contributed by atoms with E-state index in [4.69, 9.17) is 0 Å². The number of carbonyl (C=O) groups is 2. The minimum Gasteiger partial charge on any atom is -0.356 e. The van der Waals surface area contributed by atoms with Crippen molar-refractivity contribution in [3.05, 3.63) is 35.9 Å². The minimum atomic E-state index is -0.147. The van der Waals surface area contributed by atoms with Crippen molar-refractivity contribution in [3.63, 3.8) is 0 Å². The largest absolute Gasteiger partial charge is 0.356 e. The number of carbonyl (C=O) groups excluding carboxylic acids is 2. The van der Waals surface area contributed by atoms with Gasteiger partial charge in [-0.05, 0) is 39.2 Å². The summed E-state index contributed by atoms with van der Waals surface area (Å²) in [4.78, 5) is 25.3. The predicted molar refractivity (Wildman–Crippen MR) is 79.6 cm³/mol. The van der Waals surface area contributed by atoms with Gasteiger partial charge in [-0.15, -0.1) is 0 Å². The molecule has 2 amide bonds. The van der Waals surface area contributed by atoms with E-state index in [1.165, 1.54) is 0 Å². The summed E-state index contributed by atoms with van der Waals surface area (Å²) in [6.45, 7) is 1.97. The van der Waals surface area contributed by atoms with Crippen molar-refractivity contribution in [3.8, 4) is 0 Å². The standard InChI is InChI=1S/C15H23N3O2/c1-18(2)12-6-10-16-14(19)9-11-17-15(20)13-7-4-3-5-8-13/h3-5,7-8H,6,9-12H2,1-2H3,(H,16,19)(H,17,20). The fourth-order valence-corrected chi connectivity index (χ4v) is 1.69. The van der Waals surface area contributed by atoms with Crippen LogP contribution in [0.3, 0.4) is 0 Å². The first kappa shape index (κ1) is 16.2. The summed E-state index contributed by atoms with van der Waals surface area (Å²) in [7, 11) is 4.00. The van der Waals surface area contributed by atoms with Crippen LogP contribution in [0.4, 0.5) is 0 Å². The number of benzene rings is 1. The third kappa shape index (κ3) is 6.89. The highest BCUT2D eigenvalue weighted by atomic mass is 16.2. The summed E-state index contributed by atoms with van der Waals surface area (Å²) >= 11 is 0. The molecule has 2 N–H and O–H groups in total. The number of nitrogens with one attached hydrogen (secondary N) is 2. The molecule has 0 heterocycles. The fourth-order valence-electron chi connectivity index (χ4n) is 1.69. The molecule has 0 bridgehead atoms. The molecule has 0 unspecified atom stereocenters. The van der Waals surface area contributed by atoms with Gasteiger partial charge in [-0.3, -0.25) is 9.59 Å². The molecule has 20 heavy (non-hydrogen) atoms. The van der Waals surface area contributed by atoms with Crippen molar-refractivity contribution in [1.29, 1.82) is 0 Å². The van der Waals surface area contributed by atoms with E-state index < -0.39 is 0 Å². The summed E-state index contributed by atoms with van der Waals surface area (Å²) in [5.41, 5.74) is 0.610. The second-order valence-corrected chi connectivity index (χ2v) is 4.88. The van der Waals surface area contributed by atoms with Crippen LogP contribution >= 0.6 is 0 Å². The minimum absolute atomic E-state index is 0.0304. The maximum Gasteiger partial charge on any atom is 0.251 e. The SMILES string of the molecule is CN(C)CCCNC(=O)CCNC(=O)c1ccccc1. The number of hydrogen-bond donors (Lipinski definition) is 2. The van der Waals surface area contributed by atoms with Crippen molar-refractivity contribution in [2.75, 3.05) is 33.7 Å². The monoisotopic (exact) mass is 277 g/mol. The van der Waals surface area contributed by atoms with Crippen LogP contribution < -0.4 is 10.6 Å². The smallest absolute Gasteiger partial charge is 0.251 e. The highest BCUT2D eigenvalue weighted by Crippen LogP contribution is 1.97. The lowest BCUT2D eigenvalue weighted by atomic mass is 10.2. The van der Waals surface area contributed by atoms with E-state index in [2.05, 4.69) is 15.5 Å². The zero-order chi connectivity index (χ0) is 14.8. The molecule has 0 fully saturated rings. The van der Waals surface area contributed by atoms with E-state index in [0.717, 1.165) is 13.0 Å². The van der Waals surface area contributed by atoms with Crippen molar-refractivity contribution in [1.82, 2.24) is 15.5 Å². The van der Waals surface area contributed by atoms with Gasteiger partial charge >= 0.3 is 0 Å². The second-order valence-electron chi connectivity index (χ2n) is 4.88. The van der Waals surface area contributed by atoms with Crippen LogP contribution in [0.2, 0.25) is 0 Å². The van der Waals surface area contributed by atoms with Gasteiger partial charge in [-0.2, -0.15) is 0 Å². The molecule has 1 rings (SSSR count). The number of nitrogens with zero attached hydrogens (tertiary/aromatic N) is 1. The van der Waals surface area contributed by atoms with Crippen LogP contribution in [-0.4, -0.2) is 50.4 Å².